The lowest BCUT2D eigenvalue weighted by molar-refractivity contribution is -0.131. The zero-order chi connectivity index (χ0) is 21.8. The number of amides is 3. The van der Waals surface area contributed by atoms with Gasteiger partial charge in [0.05, 0.1) is 6.61 Å². The van der Waals surface area contributed by atoms with E-state index in [-0.39, 0.29) is 19.3 Å². The van der Waals surface area contributed by atoms with Gasteiger partial charge >= 0.3 is 0 Å². The van der Waals surface area contributed by atoms with Gasteiger partial charge in [-0.3, -0.25) is 14.4 Å². The van der Waals surface area contributed by atoms with Gasteiger partial charge in [-0.25, -0.2) is 0 Å². The lowest BCUT2D eigenvalue weighted by atomic mass is 10.1. The maximum absolute atomic E-state index is 12.7. The average Bonchev–Trinajstić information content (AvgIpc) is 3.27. The number of nitrogens with zero attached hydrogens (tertiary/aromatic N) is 1. The van der Waals surface area contributed by atoms with Gasteiger partial charge in [0.2, 0.25) is 0 Å². The zero-order valence-electron chi connectivity index (χ0n) is 16.4. The van der Waals surface area contributed by atoms with Crippen LogP contribution in [-0.4, -0.2) is 56.5 Å². The Morgan fingerprint density at radius 2 is 1.45 bits per heavy atom. The fraction of sp³-hybridized carbons (Fsp3) is 0.286. The predicted molar refractivity (Wildman–Crippen MR) is 113 cm³/mol. The number of nitrogens with one attached hydrogen (secondary N) is 2. The van der Waals surface area contributed by atoms with E-state index in [0.717, 1.165) is 0 Å². The van der Waals surface area contributed by atoms with E-state index in [1.807, 2.05) is 0 Å². The summed E-state index contributed by atoms with van der Waals surface area (Å²) in [6.07, 6.45) is -2.20. The molecule has 3 amide bonds. The molecule has 0 bridgehead atoms. The molecule has 0 spiro atoms. The van der Waals surface area contributed by atoms with Crippen LogP contribution in [-0.2, 0) is 28.6 Å². The van der Waals surface area contributed by atoms with Crippen molar-refractivity contribution in [2.45, 2.75) is 12.2 Å². The van der Waals surface area contributed by atoms with Crippen LogP contribution >= 0.6 is 11.6 Å². The highest BCUT2D eigenvalue weighted by atomic mass is 35.5. The van der Waals surface area contributed by atoms with Crippen molar-refractivity contribution in [3.05, 3.63) is 53.6 Å². The average molecular weight is 446 g/mol. The largest absolute Gasteiger partial charge is 0.370 e. The Bertz CT molecular complexity index is 966. The molecule has 2 N–H and O–H groups in total. The summed E-state index contributed by atoms with van der Waals surface area (Å²) in [6.45, 7) is 0.830. The number of hydrogen-bond acceptors (Lipinski definition) is 6. The van der Waals surface area contributed by atoms with E-state index >= 15 is 0 Å². The minimum absolute atomic E-state index is 0.0526. The molecule has 2 atom stereocenters. The molecule has 0 aromatic heterocycles. The summed E-state index contributed by atoms with van der Waals surface area (Å²) < 4.78 is 15.8. The second-order valence-electron chi connectivity index (χ2n) is 6.92. The Morgan fingerprint density at radius 3 is 2.00 bits per heavy atom. The molecule has 10 heteroatoms. The molecule has 2 unspecified atom stereocenters. The van der Waals surface area contributed by atoms with E-state index in [1.54, 1.807) is 53.4 Å². The molecule has 9 nitrogen and oxygen atoms in total. The quantitative estimate of drug-likeness (QED) is 0.729. The van der Waals surface area contributed by atoms with Crippen molar-refractivity contribution in [3.63, 3.8) is 0 Å². The fourth-order valence-electron chi connectivity index (χ4n) is 3.26. The number of morpholine rings is 1. The van der Waals surface area contributed by atoms with Crippen LogP contribution in [0.4, 0.5) is 17.1 Å². The molecular weight excluding hydrogens is 426 g/mol. The van der Waals surface area contributed by atoms with Crippen LogP contribution in [0.1, 0.15) is 0 Å². The van der Waals surface area contributed by atoms with E-state index in [1.165, 1.54) is 0 Å². The minimum Gasteiger partial charge on any atom is -0.370 e. The number of rotatable bonds is 5. The Kier molecular flexibility index (Phi) is 6.47. The molecule has 2 heterocycles. The number of carbonyl (C=O) groups is 3. The first kappa shape index (κ1) is 21.3. The SMILES string of the molecule is O=C(Nc1ccc(Cl)cc1)C1OCOC1C(=O)Nc1ccc(N2CCOCC2=O)cc1. The van der Waals surface area contributed by atoms with Gasteiger partial charge < -0.3 is 29.7 Å². The van der Waals surface area contributed by atoms with Crippen LogP contribution in [0.5, 0.6) is 0 Å². The van der Waals surface area contributed by atoms with Crippen molar-refractivity contribution < 1.29 is 28.6 Å². The molecule has 162 valence electrons. The first-order valence-electron chi connectivity index (χ1n) is 9.60. The summed E-state index contributed by atoms with van der Waals surface area (Å²) >= 11 is 5.84. The highest BCUT2D eigenvalue weighted by molar-refractivity contribution is 6.30. The van der Waals surface area contributed by atoms with Crippen LogP contribution in [0, 0.1) is 0 Å². The van der Waals surface area contributed by atoms with Gasteiger partial charge in [0.15, 0.2) is 12.2 Å². The topological polar surface area (TPSA) is 106 Å². The Balaban J connectivity index is 1.37. The molecular formula is C21H20ClN3O6. The van der Waals surface area contributed by atoms with Crippen molar-refractivity contribution in [1.82, 2.24) is 0 Å². The summed E-state index contributed by atoms with van der Waals surface area (Å²) in [4.78, 5) is 38.8. The molecule has 2 aromatic rings. The van der Waals surface area contributed by atoms with Gasteiger partial charge in [0.1, 0.15) is 13.4 Å². The minimum atomic E-state index is -1.10. The van der Waals surface area contributed by atoms with Crippen LogP contribution < -0.4 is 15.5 Å². The van der Waals surface area contributed by atoms with Crippen LogP contribution in [0.25, 0.3) is 0 Å². The first-order valence-corrected chi connectivity index (χ1v) is 9.98. The number of hydrogen-bond donors (Lipinski definition) is 2. The van der Waals surface area contributed by atoms with Crippen molar-refractivity contribution in [3.8, 4) is 0 Å². The van der Waals surface area contributed by atoms with Crippen molar-refractivity contribution in [1.29, 1.82) is 0 Å². The van der Waals surface area contributed by atoms with E-state index in [0.29, 0.717) is 35.2 Å². The highest BCUT2D eigenvalue weighted by Crippen LogP contribution is 2.22. The standard InChI is InChI=1S/C21H20ClN3O6/c22-13-1-3-14(4-2-13)23-20(27)18-19(31-12-30-18)21(28)24-15-5-7-16(8-6-15)25-9-10-29-11-17(25)26/h1-8,18-19H,9-12H2,(H,23,27)(H,24,28). The van der Waals surface area contributed by atoms with Crippen molar-refractivity contribution in [2.24, 2.45) is 0 Å². The van der Waals surface area contributed by atoms with E-state index in [4.69, 9.17) is 25.8 Å². The van der Waals surface area contributed by atoms with E-state index in [9.17, 15) is 14.4 Å². The molecule has 4 rings (SSSR count). The maximum atomic E-state index is 12.7. The Labute approximate surface area is 183 Å². The molecule has 2 aliphatic heterocycles. The predicted octanol–water partition coefficient (Wildman–Crippen LogP) is 2.02. The van der Waals surface area contributed by atoms with Crippen LogP contribution in [0.3, 0.4) is 0 Å². The lowest BCUT2D eigenvalue weighted by Gasteiger charge is -2.27. The molecule has 0 aliphatic carbocycles. The van der Waals surface area contributed by atoms with Gasteiger partial charge in [-0.05, 0) is 48.5 Å². The number of ether oxygens (including phenoxy) is 3. The number of carbonyl (C=O) groups excluding carboxylic acids is 3. The van der Waals surface area contributed by atoms with Gasteiger partial charge in [-0.1, -0.05) is 11.6 Å². The zero-order valence-corrected chi connectivity index (χ0v) is 17.1. The molecule has 2 saturated heterocycles. The third-order valence-corrected chi connectivity index (χ3v) is 5.08. The Morgan fingerprint density at radius 1 is 0.903 bits per heavy atom. The normalized spacial score (nSPS) is 21.1. The first-order chi connectivity index (χ1) is 15.0. The van der Waals surface area contributed by atoms with Crippen LogP contribution in [0.15, 0.2) is 48.5 Å². The van der Waals surface area contributed by atoms with Gasteiger partial charge in [-0.15, -0.1) is 0 Å². The summed E-state index contributed by atoms with van der Waals surface area (Å²) in [5, 5.41) is 5.93. The van der Waals surface area contributed by atoms with E-state index in [2.05, 4.69) is 10.6 Å². The molecule has 0 radical (unpaired) electrons. The van der Waals surface area contributed by atoms with Gasteiger partial charge in [0, 0.05) is 28.6 Å². The molecule has 2 fully saturated rings. The molecule has 0 saturated carbocycles. The smallest absolute Gasteiger partial charge is 0.256 e. The molecule has 31 heavy (non-hydrogen) atoms. The van der Waals surface area contributed by atoms with Gasteiger partial charge in [0.25, 0.3) is 17.7 Å². The fourth-order valence-corrected chi connectivity index (χ4v) is 3.39. The third-order valence-electron chi connectivity index (χ3n) is 4.83. The van der Waals surface area contributed by atoms with E-state index < -0.39 is 24.0 Å². The maximum Gasteiger partial charge on any atom is 0.256 e. The summed E-state index contributed by atoms with van der Waals surface area (Å²) in [6, 6.07) is 13.4. The molecule has 2 aromatic carbocycles. The third kappa shape index (κ3) is 5.02. The lowest BCUT2D eigenvalue weighted by Crippen LogP contribution is -2.43. The second kappa shape index (κ2) is 9.44. The summed E-state index contributed by atoms with van der Waals surface area (Å²) in [5.41, 5.74) is 1.74. The van der Waals surface area contributed by atoms with Crippen LogP contribution in [0.2, 0.25) is 5.02 Å². The van der Waals surface area contributed by atoms with Crippen molar-refractivity contribution in [2.75, 3.05) is 42.1 Å². The number of anilines is 3. The second-order valence-corrected chi connectivity index (χ2v) is 7.36. The Hall–Kier alpha value is -2.98. The molecule has 2 aliphatic rings. The summed E-state index contributed by atoms with van der Waals surface area (Å²) in [7, 11) is 0. The van der Waals surface area contributed by atoms with Gasteiger partial charge in [-0.2, -0.15) is 0 Å². The summed E-state index contributed by atoms with van der Waals surface area (Å²) in [5.74, 6) is -1.13. The number of benzene rings is 2. The van der Waals surface area contributed by atoms with Crippen molar-refractivity contribution >= 4 is 46.4 Å². The monoisotopic (exact) mass is 445 g/mol. The number of halogens is 1. The highest BCUT2D eigenvalue weighted by Gasteiger charge is 2.40.